The molecule has 0 aliphatic carbocycles. The summed E-state index contributed by atoms with van der Waals surface area (Å²) in [5.74, 6) is -0.00457. The zero-order valence-corrected chi connectivity index (χ0v) is 12.0. The lowest BCUT2D eigenvalue weighted by Gasteiger charge is -2.10. The Morgan fingerprint density at radius 1 is 1.50 bits per heavy atom. The summed E-state index contributed by atoms with van der Waals surface area (Å²) in [5.41, 5.74) is 3.73. The molecule has 0 aliphatic rings. The Morgan fingerprint density at radius 2 is 2.17 bits per heavy atom. The van der Waals surface area contributed by atoms with Gasteiger partial charge in [0.25, 0.3) is 0 Å². The lowest BCUT2D eigenvalue weighted by atomic mass is 10.2. The van der Waals surface area contributed by atoms with Gasteiger partial charge in [0.1, 0.15) is 0 Å². The van der Waals surface area contributed by atoms with E-state index < -0.39 is 0 Å². The van der Waals surface area contributed by atoms with Crippen molar-refractivity contribution in [2.24, 2.45) is 0 Å². The van der Waals surface area contributed by atoms with Gasteiger partial charge < -0.3 is 9.30 Å². The normalized spacial score (nSPS) is 10.7. The number of alkyl halides is 1. The van der Waals surface area contributed by atoms with Gasteiger partial charge in [0.05, 0.1) is 19.1 Å². The van der Waals surface area contributed by atoms with E-state index in [-0.39, 0.29) is 11.7 Å². The van der Waals surface area contributed by atoms with Crippen molar-refractivity contribution in [2.45, 2.75) is 27.3 Å². The lowest BCUT2D eigenvalue weighted by Crippen LogP contribution is -2.11. The third kappa shape index (κ3) is 3.72. The molecule has 1 aromatic rings. The number of ketones is 1. The Morgan fingerprint density at radius 3 is 2.72 bits per heavy atom. The van der Waals surface area contributed by atoms with Crippen LogP contribution < -0.4 is 0 Å². The Labute approximate surface area is 113 Å². The molecule has 0 amide bonds. The average molecular weight is 270 g/mol. The van der Waals surface area contributed by atoms with Gasteiger partial charge in [0.15, 0.2) is 5.78 Å². The molecule has 0 saturated heterocycles. The maximum Gasteiger partial charge on any atom is 0.179 e. The van der Waals surface area contributed by atoms with E-state index in [9.17, 15) is 4.79 Å². The SMILES string of the molecule is C=C(C)COCCn1c(C)cc(C(=O)CCl)c1C. The summed E-state index contributed by atoms with van der Waals surface area (Å²) in [5, 5.41) is 0. The maximum absolute atomic E-state index is 11.6. The lowest BCUT2D eigenvalue weighted by molar-refractivity contribution is 0.102. The van der Waals surface area contributed by atoms with Crippen molar-refractivity contribution in [3.63, 3.8) is 0 Å². The van der Waals surface area contributed by atoms with Crippen molar-refractivity contribution < 1.29 is 9.53 Å². The number of ether oxygens (including phenoxy) is 1. The molecule has 3 nitrogen and oxygen atoms in total. The van der Waals surface area contributed by atoms with Gasteiger partial charge in [-0.25, -0.2) is 0 Å². The van der Waals surface area contributed by atoms with Crippen LogP contribution in [-0.4, -0.2) is 29.4 Å². The van der Waals surface area contributed by atoms with Crippen LogP contribution in [0.1, 0.15) is 28.7 Å². The Kier molecular flexibility index (Phi) is 5.63. The van der Waals surface area contributed by atoms with Crippen molar-refractivity contribution in [3.05, 3.63) is 35.2 Å². The van der Waals surface area contributed by atoms with E-state index in [0.29, 0.717) is 18.8 Å². The number of carbonyl (C=O) groups excluding carboxylic acids is 1. The molecule has 4 heteroatoms. The molecule has 0 unspecified atom stereocenters. The van der Waals surface area contributed by atoms with E-state index in [0.717, 1.165) is 23.5 Å². The van der Waals surface area contributed by atoms with Gasteiger partial charge in [-0.05, 0) is 26.8 Å². The number of aromatic nitrogens is 1. The Bertz CT molecular complexity index is 449. The highest BCUT2D eigenvalue weighted by Gasteiger charge is 2.14. The molecule has 0 fully saturated rings. The number of aryl methyl sites for hydroxylation is 1. The molecule has 0 N–H and O–H groups in total. The molecule has 0 bridgehead atoms. The van der Waals surface area contributed by atoms with Crippen LogP contribution in [0.15, 0.2) is 18.2 Å². The molecular weight excluding hydrogens is 250 g/mol. The first kappa shape index (κ1) is 15.0. The van der Waals surface area contributed by atoms with Crippen LogP contribution in [0, 0.1) is 13.8 Å². The largest absolute Gasteiger partial charge is 0.375 e. The molecule has 0 aromatic carbocycles. The number of rotatable bonds is 7. The van der Waals surface area contributed by atoms with E-state index in [4.69, 9.17) is 16.3 Å². The number of hydrogen-bond acceptors (Lipinski definition) is 2. The minimum absolute atomic E-state index is 0.0243. The first-order valence-electron chi connectivity index (χ1n) is 5.95. The zero-order valence-electron chi connectivity index (χ0n) is 11.3. The van der Waals surface area contributed by atoms with Crippen LogP contribution in [-0.2, 0) is 11.3 Å². The fraction of sp³-hybridized carbons (Fsp3) is 0.500. The Hall–Kier alpha value is -1.06. The van der Waals surface area contributed by atoms with Gasteiger partial charge in [-0.2, -0.15) is 0 Å². The van der Waals surface area contributed by atoms with Crippen LogP contribution in [0.25, 0.3) is 0 Å². The van der Waals surface area contributed by atoms with Gasteiger partial charge in [-0.3, -0.25) is 4.79 Å². The van der Waals surface area contributed by atoms with Gasteiger partial charge >= 0.3 is 0 Å². The molecule has 1 aromatic heterocycles. The predicted molar refractivity (Wildman–Crippen MR) is 74.6 cm³/mol. The Balaban J connectivity index is 2.69. The monoisotopic (exact) mass is 269 g/mol. The molecule has 1 rings (SSSR count). The first-order chi connectivity index (χ1) is 8.47. The predicted octanol–water partition coefficient (Wildman–Crippen LogP) is 3.12. The number of hydrogen-bond donors (Lipinski definition) is 0. The summed E-state index contributed by atoms with van der Waals surface area (Å²) in [4.78, 5) is 11.6. The smallest absolute Gasteiger partial charge is 0.179 e. The van der Waals surface area contributed by atoms with Gasteiger partial charge in [0.2, 0.25) is 0 Å². The molecule has 1 heterocycles. The van der Waals surface area contributed by atoms with Crippen molar-refractivity contribution in [3.8, 4) is 0 Å². The fourth-order valence-electron chi connectivity index (χ4n) is 1.90. The summed E-state index contributed by atoms with van der Waals surface area (Å²) in [7, 11) is 0. The minimum Gasteiger partial charge on any atom is -0.375 e. The topological polar surface area (TPSA) is 31.2 Å². The van der Waals surface area contributed by atoms with Crippen LogP contribution in [0.3, 0.4) is 0 Å². The first-order valence-corrected chi connectivity index (χ1v) is 6.48. The number of carbonyl (C=O) groups is 1. The summed E-state index contributed by atoms with van der Waals surface area (Å²) >= 11 is 5.59. The molecule has 0 aliphatic heterocycles. The zero-order chi connectivity index (χ0) is 13.7. The highest BCUT2D eigenvalue weighted by molar-refractivity contribution is 6.30. The molecular formula is C14H20ClNO2. The van der Waals surface area contributed by atoms with E-state index in [1.54, 1.807) is 0 Å². The van der Waals surface area contributed by atoms with Crippen LogP contribution >= 0.6 is 11.6 Å². The van der Waals surface area contributed by atoms with Gasteiger partial charge in [0, 0.05) is 23.5 Å². The summed E-state index contributed by atoms with van der Waals surface area (Å²) in [6.07, 6.45) is 0. The quantitative estimate of drug-likeness (QED) is 0.330. The molecule has 0 saturated carbocycles. The third-order valence-corrected chi connectivity index (χ3v) is 3.05. The highest BCUT2D eigenvalue weighted by Crippen LogP contribution is 2.16. The standard InChI is InChI=1S/C14H20ClNO2/c1-10(2)9-18-6-5-16-11(3)7-13(12(16)4)14(17)8-15/h7H,1,5-6,8-9H2,2-4H3. The second-order valence-corrected chi connectivity index (χ2v) is 4.77. The fourth-order valence-corrected chi connectivity index (χ4v) is 2.05. The summed E-state index contributed by atoms with van der Waals surface area (Å²) in [6, 6.07) is 1.89. The maximum atomic E-state index is 11.6. The van der Waals surface area contributed by atoms with Crippen molar-refractivity contribution in [2.75, 3.05) is 19.1 Å². The van der Waals surface area contributed by atoms with Gasteiger partial charge in [-0.15, -0.1) is 11.6 Å². The molecule has 0 atom stereocenters. The second-order valence-electron chi connectivity index (χ2n) is 4.50. The van der Waals surface area contributed by atoms with E-state index in [2.05, 4.69) is 11.1 Å². The van der Waals surface area contributed by atoms with Crippen LogP contribution in [0.4, 0.5) is 0 Å². The molecule has 0 radical (unpaired) electrons. The highest BCUT2D eigenvalue weighted by atomic mass is 35.5. The summed E-state index contributed by atoms with van der Waals surface area (Å²) in [6.45, 7) is 11.6. The molecule has 0 spiro atoms. The van der Waals surface area contributed by atoms with Crippen molar-refractivity contribution >= 4 is 17.4 Å². The van der Waals surface area contributed by atoms with E-state index in [1.807, 2.05) is 26.8 Å². The third-order valence-electron chi connectivity index (χ3n) is 2.80. The molecule has 100 valence electrons. The summed E-state index contributed by atoms with van der Waals surface area (Å²) < 4.78 is 7.56. The van der Waals surface area contributed by atoms with Crippen LogP contribution in [0.5, 0.6) is 0 Å². The average Bonchev–Trinajstić information content (AvgIpc) is 2.60. The van der Waals surface area contributed by atoms with Crippen LogP contribution in [0.2, 0.25) is 0 Å². The number of Topliss-reactive ketones (excluding diaryl/α,β-unsaturated/α-hetero) is 1. The van der Waals surface area contributed by atoms with Crippen molar-refractivity contribution in [1.29, 1.82) is 0 Å². The molecule has 18 heavy (non-hydrogen) atoms. The number of halogens is 1. The van der Waals surface area contributed by atoms with Crippen molar-refractivity contribution in [1.82, 2.24) is 4.57 Å². The van der Waals surface area contributed by atoms with Gasteiger partial charge in [-0.1, -0.05) is 12.2 Å². The minimum atomic E-state index is -0.0288. The van der Waals surface area contributed by atoms with E-state index in [1.165, 1.54) is 0 Å². The second kappa shape index (κ2) is 6.76. The number of nitrogens with zero attached hydrogens (tertiary/aromatic N) is 1. The van der Waals surface area contributed by atoms with E-state index >= 15 is 0 Å².